The predicted octanol–water partition coefficient (Wildman–Crippen LogP) is 3.40. The van der Waals surface area contributed by atoms with Crippen LogP contribution in [0.4, 0.5) is 18.0 Å². The summed E-state index contributed by atoms with van der Waals surface area (Å²) in [6.07, 6.45) is -8.20. The summed E-state index contributed by atoms with van der Waals surface area (Å²) in [6, 6.07) is 3.08. The molecule has 1 aliphatic rings. The van der Waals surface area contributed by atoms with E-state index in [1.165, 1.54) is 13.0 Å². The Labute approximate surface area is 171 Å². The molecule has 2 unspecified atom stereocenters. The largest absolute Gasteiger partial charge is 0.511 e. The number of esters is 1. The van der Waals surface area contributed by atoms with Crippen LogP contribution in [0.15, 0.2) is 22.2 Å². The minimum atomic E-state index is -4.87. The van der Waals surface area contributed by atoms with E-state index in [1.807, 2.05) is 0 Å². The van der Waals surface area contributed by atoms with Gasteiger partial charge in [-0.1, -0.05) is 15.9 Å². The average molecular weight is 484 g/mol. The zero-order valence-corrected chi connectivity index (χ0v) is 16.8. The Morgan fingerprint density at radius 3 is 2.59 bits per heavy atom. The third-order valence-electron chi connectivity index (χ3n) is 3.67. The van der Waals surface area contributed by atoms with Crippen molar-refractivity contribution >= 4 is 34.1 Å². The van der Waals surface area contributed by atoms with Gasteiger partial charge in [-0.25, -0.2) is 15.5 Å². The van der Waals surface area contributed by atoms with Crippen LogP contribution in [0.2, 0.25) is 0 Å². The second kappa shape index (κ2) is 9.46. The molecule has 0 radical (unpaired) electrons. The van der Waals surface area contributed by atoms with E-state index in [0.29, 0.717) is 10.0 Å². The van der Waals surface area contributed by atoms with Crippen molar-refractivity contribution in [2.24, 2.45) is 5.90 Å². The number of aryl methyl sites for hydroxylation is 1. The standard InChI is InChI=1S/C17H17BrF3NO7/c1-8-3-11(18)4-10-5-12(14(17(19,20)21)28-13(8)10)15(23)26-7-27-16(24)25-6-9(2)29-22/h3-5,9,14H,6-7,22H2,1-2H3. The number of fused-ring (bicyclic) bond motifs is 1. The molecule has 12 heteroatoms. The Kier molecular flexibility index (Phi) is 7.49. The van der Waals surface area contributed by atoms with Crippen molar-refractivity contribution in [1.82, 2.24) is 0 Å². The van der Waals surface area contributed by atoms with Gasteiger partial charge in [0.2, 0.25) is 12.9 Å². The lowest BCUT2D eigenvalue weighted by molar-refractivity contribution is -0.189. The number of ether oxygens (including phenoxy) is 4. The highest BCUT2D eigenvalue weighted by Gasteiger charge is 2.49. The number of carbonyl (C=O) groups is 2. The Morgan fingerprint density at radius 2 is 1.97 bits per heavy atom. The summed E-state index contributed by atoms with van der Waals surface area (Å²) in [5, 5.41) is 0. The van der Waals surface area contributed by atoms with Crippen LogP contribution in [-0.4, -0.2) is 43.9 Å². The number of rotatable bonds is 6. The van der Waals surface area contributed by atoms with Crippen molar-refractivity contribution in [1.29, 1.82) is 0 Å². The van der Waals surface area contributed by atoms with E-state index in [4.69, 9.17) is 10.6 Å². The zero-order valence-electron chi connectivity index (χ0n) is 15.2. The van der Waals surface area contributed by atoms with Crippen molar-refractivity contribution in [3.05, 3.63) is 33.3 Å². The maximum Gasteiger partial charge on any atom is 0.511 e. The van der Waals surface area contributed by atoms with Crippen LogP contribution in [0.1, 0.15) is 18.1 Å². The van der Waals surface area contributed by atoms with Crippen molar-refractivity contribution in [3.8, 4) is 5.75 Å². The summed E-state index contributed by atoms with van der Waals surface area (Å²) < 4.78 is 59.5. The summed E-state index contributed by atoms with van der Waals surface area (Å²) in [4.78, 5) is 27.9. The third-order valence-corrected chi connectivity index (χ3v) is 4.12. The smallest absolute Gasteiger partial charge is 0.475 e. The number of hydrogen-bond acceptors (Lipinski definition) is 8. The highest BCUT2D eigenvalue weighted by atomic mass is 79.9. The quantitative estimate of drug-likeness (QED) is 0.372. The topological polar surface area (TPSA) is 106 Å². The molecule has 1 aromatic carbocycles. The van der Waals surface area contributed by atoms with Gasteiger partial charge in [-0.05, 0) is 37.6 Å². The minimum Gasteiger partial charge on any atom is -0.475 e. The second-order valence-corrected chi connectivity index (χ2v) is 6.90. The first-order valence-electron chi connectivity index (χ1n) is 8.10. The number of halogens is 4. The first-order valence-corrected chi connectivity index (χ1v) is 8.89. The number of nitrogens with two attached hydrogens (primary N) is 1. The molecule has 160 valence electrons. The average Bonchev–Trinajstić information content (AvgIpc) is 2.64. The van der Waals surface area contributed by atoms with Crippen LogP contribution in [-0.2, 0) is 23.8 Å². The summed E-state index contributed by atoms with van der Waals surface area (Å²) in [6.45, 7) is 1.90. The van der Waals surface area contributed by atoms with Crippen molar-refractivity contribution in [2.45, 2.75) is 32.2 Å². The van der Waals surface area contributed by atoms with Gasteiger partial charge in [0, 0.05) is 10.0 Å². The SMILES string of the molecule is Cc1cc(Br)cc2c1OC(C(F)(F)F)C(C(=O)OCOC(=O)OCC(C)ON)=C2. The number of benzene rings is 1. The van der Waals surface area contributed by atoms with Gasteiger partial charge in [-0.15, -0.1) is 0 Å². The van der Waals surface area contributed by atoms with Gasteiger partial charge in [-0.3, -0.25) is 4.84 Å². The van der Waals surface area contributed by atoms with Gasteiger partial charge in [0.05, 0.1) is 5.57 Å². The molecule has 29 heavy (non-hydrogen) atoms. The molecule has 0 spiro atoms. The molecule has 2 rings (SSSR count). The van der Waals surface area contributed by atoms with Crippen molar-refractivity contribution in [2.75, 3.05) is 13.4 Å². The molecule has 0 fully saturated rings. The molecule has 0 saturated heterocycles. The molecule has 0 aliphatic carbocycles. The Bertz CT molecular complexity index is 813. The third kappa shape index (κ3) is 6.08. The van der Waals surface area contributed by atoms with Gasteiger partial charge in [-0.2, -0.15) is 13.2 Å². The van der Waals surface area contributed by atoms with Crippen LogP contribution < -0.4 is 10.6 Å². The molecule has 0 amide bonds. The van der Waals surface area contributed by atoms with Crippen LogP contribution in [0.5, 0.6) is 5.75 Å². The summed E-state index contributed by atoms with van der Waals surface area (Å²) in [5.74, 6) is 3.51. The van der Waals surface area contributed by atoms with Gasteiger partial charge in [0.25, 0.3) is 0 Å². The lowest BCUT2D eigenvalue weighted by atomic mass is 9.99. The van der Waals surface area contributed by atoms with E-state index < -0.39 is 42.9 Å². The Hall–Kier alpha value is -2.31. The first kappa shape index (κ1) is 23.0. The fraction of sp³-hybridized carbons (Fsp3) is 0.412. The van der Waals surface area contributed by atoms with Crippen molar-refractivity contribution < 1.29 is 46.5 Å². The fourth-order valence-corrected chi connectivity index (χ4v) is 2.93. The minimum absolute atomic E-state index is 0.00291. The number of carbonyl (C=O) groups excluding carboxylic acids is 2. The van der Waals surface area contributed by atoms with Gasteiger partial charge >= 0.3 is 18.3 Å². The molecule has 1 aromatic rings. The molecule has 0 bridgehead atoms. The highest BCUT2D eigenvalue weighted by molar-refractivity contribution is 9.10. The van der Waals surface area contributed by atoms with E-state index in [0.717, 1.165) is 6.08 Å². The monoisotopic (exact) mass is 483 g/mol. The van der Waals surface area contributed by atoms with Crippen LogP contribution in [0, 0.1) is 6.92 Å². The Balaban J connectivity index is 2.09. The maximum absolute atomic E-state index is 13.4. The van der Waals surface area contributed by atoms with Gasteiger partial charge in [0.1, 0.15) is 18.5 Å². The first-order chi connectivity index (χ1) is 13.5. The lowest BCUT2D eigenvalue weighted by Gasteiger charge is -2.28. The number of alkyl halides is 3. The van der Waals surface area contributed by atoms with E-state index in [2.05, 4.69) is 35.0 Å². The fourth-order valence-electron chi connectivity index (χ4n) is 2.34. The van der Waals surface area contributed by atoms with E-state index >= 15 is 0 Å². The van der Waals surface area contributed by atoms with Crippen LogP contribution in [0.25, 0.3) is 6.08 Å². The summed E-state index contributed by atoms with van der Waals surface area (Å²) >= 11 is 3.23. The molecule has 1 aliphatic heterocycles. The molecule has 1 heterocycles. The zero-order chi connectivity index (χ0) is 21.8. The molecule has 2 N–H and O–H groups in total. The number of hydrogen-bond donors (Lipinski definition) is 1. The molecular formula is C17H17BrF3NO7. The highest BCUT2D eigenvalue weighted by Crippen LogP contribution is 2.40. The van der Waals surface area contributed by atoms with Crippen LogP contribution >= 0.6 is 15.9 Å². The predicted molar refractivity (Wildman–Crippen MR) is 95.5 cm³/mol. The molecule has 2 atom stereocenters. The maximum atomic E-state index is 13.4. The molecule has 8 nitrogen and oxygen atoms in total. The van der Waals surface area contributed by atoms with E-state index in [-0.39, 0.29) is 17.9 Å². The molecule has 0 saturated carbocycles. The second-order valence-electron chi connectivity index (χ2n) is 5.98. The Morgan fingerprint density at radius 1 is 1.28 bits per heavy atom. The summed E-state index contributed by atoms with van der Waals surface area (Å²) in [5.41, 5.74) is -0.0703. The van der Waals surface area contributed by atoms with Crippen LogP contribution in [0.3, 0.4) is 0 Å². The normalized spacial score (nSPS) is 16.8. The van der Waals surface area contributed by atoms with Gasteiger partial charge < -0.3 is 18.9 Å². The lowest BCUT2D eigenvalue weighted by Crippen LogP contribution is -2.41. The molecule has 0 aromatic heterocycles. The summed E-state index contributed by atoms with van der Waals surface area (Å²) in [7, 11) is 0. The van der Waals surface area contributed by atoms with Crippen molar-refractivity contribution in [3.63, 3.8) is 0 Å². The van der Waals surface area contributed by atoms with Gasteiger partial charge in [0.15, 0.2) is 0 Å². The molecular weight excluding hydrogens is 467 g/mol. The van der Waals surface area contributed by atoms with E-state index in [1.54, 1.807) is 13.0 Å². The van der Waals surface area contributed by atoms with E-state index in [9.17, 15) is 22.8 Å².